The van der Waals surface area contributed by atoms with E-state index in [1.807, 2.05) is 0 Å². The van der Waals surface area contributed by atoms with Gasteiger partial charge in [0.25, 0.3) is 15.9 Å². The number of phenols is 1. The third-order valence-electron chi connectivity index (χ3n) is 3.86. The molecule has 1 aromatic heterocycles. The Hall–Kier alpha value is -3.86. The number of ether oxygens (including phenoxy) is 2. The molecule has 0 unspecified atom stereocenters. The zero-order chi connectivity index (χ0) is 21.7. The minimum atomic E-state index is -3.96. The fourth-order valence-electron chi connectivity index (χ4n) is 2.38. The minimum absolute atomic E-state index is 0.0246. The Kier molecular flexibility index (Phi) is 6.02. The van der Waals surface area contributed by atoms with Crippen molar-refractivity contribution in [2.45, 2.75) is 4.90 Å². The normalized spacial score (nSPS) is 10.9. The van der Waals surface area contributed by atoms with Gasteiger partial charge >= 0.3 is 6.01 Å². The lowest BCUT2D eigenvalue weighted by molar-refractivity contribution is 0.102. The zero-order valence-corrected chi connectivity index (χ0v) is 16.8. The highest BCUT2D eigenvalue weighted by Gasteiger charge is 2.17. The maximum Gasteiger partial charge on any atom is 0.321 e. The molecule has 3 aromatic rings. The summed E-state index contributed by atoms with van der Waals surface area (Å²) in [5.41, 5.74) is 0.746. The van der Waals surface area contributed by atoms with Crippen molar-refractivity contribution in [2.75, 3.05) is 24.3 Å². The number of nitrogens with one attached hydrogen (secondary N) is 2. The largest absolute Gasteiger partial charge is 0.508 e. The van der Waals surface area contributed by atoms with Crippen molar-refractivity contribution >= 4 is 27.4 Å². The van der Waals surface area contributed by atoms with E-state index >= 15 is 0 Å². The first kappa shape index (κ1) is 20.9. The predicted octanol–water partition coefficient (Wildman–Crippen LogP) is 2.25. The van der Waals surface area contributed by atoms with Crippen LogP contribution in [-0.2, 0) is 10.0 Å². The van der Waals surface area contributed by atoms with Crippen LogP contribution < -0.4 is 19.5 Å². The van der Waals surface area contributed by atoms with Crippen LogP contribution in [0.2, 0.25) is 0 Å². The number of amides is 1. The van der Waals surface area contributed by atoms with Gasteiger partial charge in [-0.15, -0.1) is 0 Å². The second kappa shape index (κ2) is 8.66. The number of methoxy groups -OCH3 is 2. The van der Waals surface area contributed by atoms with Crippen molar-refractivity contribution in [3.63, 3.8) is 0 Å². The molecular formula is C19H18N4O6S. The molecule has 1 heterocycles. The number of hydrogen-bond donors (Lipinski definition) is 3. The summed E-state index contributed by atoms with van der Waals surface area (Å²) in [7, 11) is -1.23. The first-order valence-corrected chi connectivity index (χ1v) is 9.99. The third kappa shape index (κ3) is 4.94. The van der Waals surface area contributed by atoms with Gasteiger partial charge in [-0.25, -0.2) is 8.42 Å². The van der Waals surface area contributed by atoms with Crippen LogP contribution in [0.15, 0.2) is 59.5 Å². The molecule has 0 spiro atoms. The number of aromatic hydroxyl groups is 1. The number of aromatic nitrogens is 2. The predicted molar refractivity (Wildman–Crippen MR) is 108 cm³/mol. The summed E-state index contributed by atoms with van der Waals surface area (Å²) in [5, 5.41) is 11.9. The van der Waals surface area contributed by atoms with E-state index in [-0.39, 0.29) is 28.4 Å². The minimum Gasteiger partial charge on any atom is -0.508 e. The van der Waals surface area contributed by atoms with E-state index in [1.165, 1.54) is 68.8 Å². The van der Waals surface area contributed by atoms with Crippen molar-refractivity contribution in [1.82, 2.24) is 9.97 Å². The van der Waals surface area contributed by atoms with E-state index in [0.29, 0.717) is 11.3 Å². The van der Waals surface area contributed by atoms with E-state index in [0.717, 1.165) is 0 Å². The number of phenolic OH excluding ortho intramolecular Hbond substituents is 1. The number of carbonyl (C=O) groups is 1. The summed E-state index contributed by atoms with van der Waals surface area (Å²) in [6.45, 7) is 0. The molecule has 0 aliphatic carbocycles. The van der Waals surface area contributed by atoms with Crippen molar-refractivity contribution < 1.29 is 27.8 Å². The van der Waals surface area contributed by atoms with Gasteiger partial charge in [0.15, 0.2) is 5.82 Å². The molecule has 0 bridgehead atoms. The van der Waals surface area contributed by atoms with E-state index < -0.39 is 15.9 Å². The van der Waals surface area contributed by atoms with E-state index in [9.17, 15) is 18.3 Å². The molecule has 3 rings (SSSR count). The van der Waals surface area contributed by atoms with Crippen molar-refractivity contribution in [3.8, 4) is 17.6 Å². The number of benzene rings is 2. The number of sulfonamides is 1. The standard InChI is InChI=1S/C19H18N4O6S/c1-28-17-11-16(21-19(22-17)29-2)23-30(26,27)15-9-5-13(6-10-15)20-18(25)12-3-7-14(24)8-4-12/h3-11,24H,1-2H3,(H,20,25)(H,21,22,23). The summed E-state index contributed by atoms with van der Waals surface area (Å²) in [6.07, 6.45) is 0. The van der Waals surface area contributed by atoms with Crippen LogP contribution in [0.5, 0.6) is 17.6 Å². The monoisotopic (exact) mass is 430 g/mol. The van der Waals surface area contributed by atoms with Gasteiger partial charge in [0, 0.05) is 17.3 Å². The van der Waals surface area contributed by atoms with Crippen LogP contribution in [0.3, 0.4) is 0 Å². The van der Waals surface area contributed by atoms with Crippen molar-refractivity contribution in [1.29, 1.82) is 0 Å². The molecule has 156 valence electrons. The van der Waals surface area contributed by atoms with Gasteiger partial charge in [0.1, 0.15) is 5.75 Å². The quantitative estimate of drug-likeness (QED) is 0.519. The third-order valence-corrected chi connectivity index (χ3v) is 5.24. The van der Waals surface area contributed by atoms with Gasteiger partial charge in [0.05, 0.1) is 19.1 Å². The molecule has 10 nitrogen and oxygen atoms in total. The Morgan fingerprint density at radius 3 is 2.23 bits per heavy atom. The van der Waals surface area contributed by atoms with Crippen molar-refractivity contribution in [3.05, 3.63) is 60.2 Å². The lowest BCUT2D eigenvalue weighted by Crippen LogP contribution is -2.15. The molecule has 1 amide bonds. The molecule has 0 atom stereocenters. The van der Waals surface area contributed by atoms with Gasteiger partial charge in [-0.3, -0.25) is 9.52 Å². The smallest absolute Gasteiger partial charge is 0.321 e. The van der Waals surface area contributed by atoms with E-state index in [1.54, 1.807) is 0 Å². The lowest BCUT2D eigenvalue weighted by Gasteiger charge is -2.10. The van der Waals surface area contributed by atoms with Gasteiger partial charge in [-0.2, -0.15) is 9.97 Å². The van der Waals surface area contributed by atoms with Crippen LogP contribution in [0.1, 0.15) is 10.4 Å². The van der Waals surface area contributed by atoms with Crippen LogP contribution in [-0.4, -0.2) is 43.6 Å². The fourth-order valence-corrected chi connectivity index (χ4v) is 3.37. The Labute approximate surface area is 172 Å². The number of nitrogens with zero attached hydrogens (tertiary/aromatic N) is 2. The molecule has 0 radical (unpaired) electrons. The molecule has 0 aliphatic rings. The number of rotatable bonds is 7. The van der Waals surface area contributed by atoms with Crippen LogP contribution in [0, 0.1) is 0 Å². The molecule has 3 N–H and O–H groups in total. The summed E-state index contributed by atoms with van der Waals surface area (Å²) in [6, 6.07) is 12.6. The average molecular weight is 430 g/mol. The first-order chi connectivity index (χ1) is 14.3. The highest BCUT2D eigenvalue weighted by atomic mass is 32.2. The molecular weight excluding hydrogens is 412 g/mol. The van der Waals surface area contributed by atoms with Crippen LogP contribution >= 0.6 is 0 Å². The SMILES string of the molecule is COc1cc(NS(=O)(=O)c2ccc(NC(=O)c3ccc(O)cc3)cc2)nc(OC)n1. The summed E-state index contributed by atoms with van der Waals surface area (Å²) < 4.78 is 37.5. The van der Waals surface area contributed by atoms with E-state index in [4.69, 9.17) is 9.47 Å². The Morgan fingerprint density at radius 1 is 0.967 bits per heavy atom. The summed E-state index contributed by atoms with van der Waals surface area (Å²) in [4.78, 5) is 20.0. The maximum atomic E-state index is 12.6. The fraction of sp³-hybridized carbons (Fsp3) is 0.105. The number of anilines is 2. The summed E-state index contributed by atoms with van der Waals surface area (Å²) in [5.74, 6) is -0.244. The maximum absolute atomic E-state index is 12.6. The highest BCUT2D eigenvalue weighted by Crippen LogP contribution is 2.22. The second-order valence-corrected chi connectivity index (χ2v) is 7.60. The first-order valence-electron chi connectivity index (χ1n) is 8.51. The molecule has 30 heavy (non-hydrogen) atoms. The second-order valence-electron chi connectivity index (χ2n) is 5.91. The molecule has 2 aromatic carbocycles. The number of hydrogen-bond acceptors (Lipinski definition) is 8. The molecule has 0 aliphatic heterocycles. The average Bonchev–Trinajstić information content (AvgIpc) is 2.74. The lowest BCUT2D eigenvalue weighted by atomic mass is 10.2. The zero-order valence-electron chi connectivity index (χ0n) is 16.0. The van der Waals surface area contributed by atoms with Gasteiger partial charge in [0.2, 0.25) is 5.88 Å². The molecule has 0 saturated heterocycles. The molecule has 0 fully saturated rings. The van der Waals surface area contributed by atoms with Gasteiger partial charge in [-0.1, -0.05) is 0 Å². The van der Waals surface area contributed by atoms with Crippen LogP contribution in [0.4, 0.5) is 11.5 Å². The number of carbonyl (C=O) groups excluding carboxylic acids is 1. The van der Waals surface area contributed by atoms with Gasteiger partial charge < -0.3 is 19.9 Å². The molecule has 0 saturated carbocycles. The highest BCUT2D eigenvalue weighted by molar-refractivity contribution is 7.92. The van der Waals surface area contributed by atoms with Gasteiger partial charge in [-0.05, 0) is 48.5 Å². The Bertz CT molecular complexity index is 1130. The van der Waals surface area contributed by atoms with Crippen molar-refractivity contribution in [2.24, 2.45) is 0 Å². The van der Waals surface area contributed by atoms with Crippen LogP contribution in [0.25, 0.3) is 0 Å². The van der Waals surface area contributed by atoms with E-state index in [2.05, 4.69) is 20.0 Å². The topological polar surface area (TPSA) is 140 Å². The summed E-state index contributed by atoms with van der Waals surface area (Å²) >= 11 is 0. The Balaban J connectivity index is 1.74. The molecule has 11 heteroatoms. The Morgan fingerprint density at radius 2 is 1.63 bits per heavy atom.